The van der Waals surface area contributed by atoms with Gasteiger partial charge in [-0.05, 0) is 36.4 Å². The minimum absolute atomic E-state index is 0.00901. The fourth-order valence-corrected chi connectivity index (χ4v) is 4.02. The van der Waals surface area contributed by atoms with Crippen LogP contribution >= 0.6 is 34.5 Å². The minimum Gasteiger partial charge on any atom is -0.366 e. The van der Waals surface area contributed by atoms with Crippen molar-refractivity contribution in [1.29, 1.82) is 0 Å². The Labute approximate surface area is 192 Å². The largest absolute Gasteiger partial charge is 0.416 e. The van der Waals surface area contributed by atoms with E-state index >= 15 is 0 Å². The first-order valence-electron chi connectivity index (χ1n) is 8.74. The Balaban J connectivity index is 1.62. The Bertz CT molecular complexity index is 1330. The van der Waals surface area contributed by atoms with Gasteiger partial charge in [-0.3, -0.25) is 4.79 Å². The van der Waals surface area contributed by atoms with Crippen molar-refractivity contribution in [2.75, 3.05) is 10.6 Å². The van der Waals surface area contributed by atoms with Gasteiger partial charge in [-0.2, -0.15) is 13.2 Å². The van der Waals surface area contributed by atoms with Crippen LogP contribution in [0.25, 0.3) is 10.3 Å². The van der Waals surface area contributed by atoms with Crippen molar-refractivity contribution >= 4 is 73.1 Å². The molecule has 7 nitrogen and oxygen atoms in total. The molecule has 4 aromatic rings. The van der Waals surface area contributed by atoms with E-state index in [0.29, 0.717) is 32.7 Å². The third kappa shape index (κ3) is 4.40. The molecule has 2 aromatic carbocycles. The molecule has 0 radical (unpaired) electrons. The number of halogens is 5. The van der Waals surface area contributed by atoms with Crippen LogP contribution in [0.4, 0.5) is 35.5 Å². The first kappa shape index (κ1) is 22.1. The van der Waals surface area contributed by atoms with Gasteiger partial charge in [0, 0.05) is 5.69 Å². The molecule has 0 saturated carbocycles. The number of alkyl halides is 3. The molecule has 0 fully saturated rings. The SMILES string of the molecule is NC(=O)c1ccc(Nc2nc3c(Nc4ccc(C(F)(F)F)cc4)ncnc3s2)c(Cl)c1Cl. The topological polar surface area (TPSA) is 106 Å². The maximum atomic E-state index is 12.8. The number of carbonyl (C=O) groups excluding carboxylic acids is 1. The number of primary amides is 1. The number of benzene rings is 2. The monoisotopic (exact) mass is 498 g/mol. The Morgan fingerprint density at radius 3 is 2.38 bits per heavy atom. The molecule has 164 valence electrons. The van der Waals surface area contributed by atoms with Crippen LogP contribution in [-0.2, 0) is 6.18 Å². The quantitative estimate of drug-likeness (QED) is 0.311. The van der Waals surface area contributed by atoms with Gasteiger partial charge in [0.2, 0.25) is 5.91 Å². The zero-order valence-corrected chi connectivity index (χ0v) is 18.0. The van der Waals surface area contributed by atoms with Gasteiger partial charge in [0.15, 0.2) is 15.8 Å². The van der Waals surface area contributed by atoms with Crippen LogP contribution in [0, 0.1) is 0 Å². The van der Waals surface area contributed by atoms with Gasteiger partial charge < -0.3 is 16.4 Å². The van der Waals surface area contributed by atoms with Crippen LogP contribution in [0.2, 0.25) is 10.0 Å². The van der Waals surface area contributed by atoms with E-state index in [9.17, 15) is 18.0 Å². The highest BCUT2D eigenvalue weighted by molar-refractivity contribution is 7.21. The van der Waals surface area contributed by atoms with Crippen LogP contribution in [0.1, 0.15) is 15.9 Å². The van der Waals surface area contributed by atoms with Gasteiger partial charge in [0.1, 0.15) is 11.8 Å². The van der Waals surface area contributed by atoms with Gasteiger partial charge in [-0.25, -0.2) is 15.0 Å². The van der Waals surface area contributed by atoms with Crippen molar-refractivity contribution in [2.24, 2.45) is 5.73 Å². The van der Waals surface area contributed by atoms with Crippen molar-refractivity contribution in [2.45, 2.75) is 6.18 Å². The fourth-order valence-electron chi connectivity index (χ4n) is 2.73. The number of nitrogens with two attached hydrogens (primary N) is 1. The number of hydrogen-bond donors (Lipinski definition) is 3. The Kier molecular flexibility index (Phi) is 5.80. The number of thiazole rings is 1. The molecule has 0 aliphatic rings. The standard InChI is InChI=1S/C19H11Cl2F3N6OS/c20-12-10(15(25)31)5-6-11(13(12)21)29-18-30-14-16(26-7-27-17(14)32-18)28-9-3-1-8(2-4-9)19(22,23)24/h1-7H,(H2,25,31)(H,29,30)(H,26,27,28). The molecular formula is C19H11Cl2F3N6OS. The zero-order valence-electron chi connectivity index (χ0n) is 15.7. The number of amides is 1. The zero-order chi connectivity index (χ0) is 23.0. The Morgan fingerprint density at radius 1 is 1.00 bits per heavy atom. The van der Waals surface area contributed by atoms with Crippen LogP contribution < -0.4 is 16.4 Å². The van der Waals surface area contributed by atoms with E-state index in [4.69, 9.17) is 28.9 Å². The maximum Gasteiger partial charge on any atom is 0.416 e. The number of aromatic nitrogens is 3. The number of rotatable bonds is 5. The van der Waals surface area contributed by atoms with Gasteiger partial charge in [-0.15, -0.1) is 0 Å². The van der Waals surface area contributed by atoms with E-state index in [1.54, 1.807) is 0 Å². The number of carbonyl (C=O) groups is 1. The van der Waals surface area contributed by atoms with Crippen LogP contribution in [-0.4, -0.2) is 20.9 Å². The lowest BCUT2D eigenvalue weighted by Gasteiger charge is -2.09. The number of anilines is 4. The summed E-state index contributed by atoms with van der Waals surface area (Å²) in [6, 6.07) is 7.50. The molecule has 0 saturated heterocycles. The summed E-state index contributed by atoms with van der Waals surface area (Å²) in [4.78, 5) is 24.6. The highest BCUT2D eigenvalue weighted by Gasteiger charge is 2.30. The summed E-state index contributed by atoms with van der Waals surface area (Å²) in [5.74, 6) is -0.398. The number of fused-ring (bicyclic) bond motifs is 1. The molecule has 0 atom stereocenters. The lowest BCUT2D eigenvalue weighted by Crippen LogP contribution is -2.11. The Morgan fingerprint density at radius 2 is 1.72 bits per heavy atom. The normalized spacial score (nSPS) is 11.5. The molecule has 0 bridgehead atoms. The first-order chi connectivity index (χ1) is 15.1. The summed E-state index contributed by atoms with van der Waals surface area (Å²) in [6.45, 7) is 0. The van der Waals surface area contributed by atoms with Gasteiger partial charge in [0.05, 0.1) is 26.9 Å². The summed E-state index contributed by atoms with van der Waals surface area (Å²) in [7, 11) is 0. The van der Waals surface area contributed by atoms with E-state index < -0.39 is 17.6 Å². The minimum atomic E-state index is -4.42. The van der Waals surface area contributed by atoms with Crippen LogP contribution in [0.3, 0.4) is 0 Å². The summed E-state index contributed by atoms with van der Waals surface area (Å²) in [6.07, 6.45) is -3.11. The summed E-state index contributed by atoms with van der Waals surface area (Å²) >= 11 is 13.5. The van der Waals surface area contributed by atoms with Crippen molar-refractivity contribution < 1.29 is 18.0 Å². The van der Waals surface area contributed by atoms with Gasteiger partial charge >= 0.3 is 6.18 Å². The van der Waals surface area contributed by atoms with Gasteiger partial charge in [0.25, 0.3) is 0 Å². The average Bonchev–Trinajstić information content (AvgIpc) is 3.15. The maximum absolute atomic E-state index is 12.8. The van der Waals surface area contributed by atoms with Crippen molar-refractivity contribution in [3.05, 3.63) is 63.9 Å². The third-order valence-corrected chi connectivity index (χ3v) is 6.02. The summed E-state index contributed by atoms with van der Waals surface area (Å²) in [5, 5.41) is 6.45. The van der Waals surface area contributed by atoms with Gasteiger partial charge in [-0.1, -0.05) is 34.5 Å². The molecule has 2 heterocycles. The molecule has 0 spiro atoms. The molecule has 4 N–H and O–H groups in total. The molecule has 1 amide bonds. The Hall–Kier alpha value is -3.15. The van der Waals surface area contributed by atoms with E-state index in [-0.39, 0.29) is 15.6 Å². The molecule has 2 aromatic heterocycles. The number of nitrogens with one attached hydrogen (secondary N) is 2. The van der Waals surface area contributed by atoms with E-state index in [2.05, 4.69) is 25.6 Å². The molecule has 0 aliphatic heterocycles. The molecule has 13 heteroatoms. The summed E-state index contributed by atoms with van der Waals surface area (Å²) in [5.41, 5.74) is 5.78. The van der Waals surface area contributed by atoms with E-state index in [0.717, 1.165) is 12.1 Å². The predicted molar refractivity (Wildman–Crippen MR) is 118 cm³/mol. The van der Waals surface area contributed by atoms with Crippen molar-refractivity contribution in [1.82, 2.24) is 15.0 Å². The van der Waals surface area contributed by atoms with E-state index in [1.807, 2.05) is 0 Å². The highest BCUT2D eigenvalue weighted by Crippen LogP contribution is 2.37. The second-order valence-electron chi connectivity index (χ2n) is 6.37. The molecule has 0 unspecified atom stereocenters. The highest BCUT2D eigenvalue weighted by atomic mass is 35.5. The second-order valence-corrected chi connectivity index (χ2v) is 8.11. The number of hydrogen-bond acceptors (Lipinski definition) is 7. The smallest absolute Gasteiger partial charge is 0.366 e. The molecule has 32 heavy (non-hydrogen) atoms. The lowest BCUT2D eigenvalue weighted by molar-refractivity contribution is -0.137. The second kappa shape index (κ2) is 8.41. The molecular weight excluding hydrogens is 488 g/mol. The van der Waals surface area contributed by atoms with Crippen molar-refractivity contribution in [3.63, 3.8) is 0 Å². The first-order valence-corrected chi connectivity index (χ1v) is 10.3. The third-order valence-electron chi connectivity index (χ3n) is 4.26. The molecule has 0 aliphatic carbocycles. The molecule has 4 rings (SSSR count). The number of nitrogens with zero attached hydrogens (tertiary/aromatic N) is 3. The fraction of sp³-hybridized carbons (Fsp3) is 0.0526. The average molecular weight is 499 g/mol. The van der Waals surface area contributed by atoms with Crippen LogP contribution in [0.5, 0.6) is 0 Å². The summed E-state index contributed by atoms with van der Waals surface area (Å²) < 4.78 is 38.3. The lowest BCUT2D eigenvalue weighted by atomic mass is 10.2. The van der Waals surface area contributed by atoms with E-state index in [1.165, 1.54) is 41.9 Å². The predicted octanol–water partition coefficient (Wildman–Crippen LogP) is 6.00. The van der Waals surface area contributed by atoms with Crippen LogP contribution in [0.15, 0.2) is 42.7 Å². The van der Waals surface area contributed by atoms with Crippen molar-refractivity contribution in [3.8, 4) is 0 Å².